The second-order valence-corrected chi connectivity index (χ2v) is 9.71. The maximum Gasteiger partial charge on any atom is 1.00 e. The van der Waals surface area contributed by atoms with Crippen LogP contribution in [-0.2, 0) is 10.1 Å². The molecule has 0 aliphatic carbocycles. The Balaban J connectivity index is 0. The van der Waals surface area contributed by atoms with Crippen molar-refractivity contribution in [2.45, 2.75) is 134 Å². The molecule has 0 aromatic carbocycles. The minimum atomic E-state index is -4.10. The van der Waals surface area contributed by atoms with E-state index >= 15 is 0 Å². The van der Waals surface area contributed by atoms with Crippen LogP contribution in [0.25, 0.3) is 0 Å². The van der Waals surface area contributed by atoms with Crippen molar-refractivity contribution in [2.75, 3.05) is 0 Å². The van der Waals surface area contributed by atoms with Crippen molar-refractivity contribution in [1.29, 1.82) is 0 Å². The van der Waals surface area contributed by atoms with Gasteiger partial charge in [0.25, 0.3) is 0 Å². The third-order valence-electron chi connectivity index (χ3n) is 5.28. The summed E-state index contributed by atoms with van der Waals surface area (Å²) < 4.78 is 32.3. The van der Waals surface area contributed by atoms with Gasteiger partial charge in [-0.1, -0.05) is 96.8 Å². The van der Waals surface area contributed by atoms with Gasteiger partial charge in [0, 0.05) is 5.25 Å². The quantitative estimate of drug-likeness (QED) is 0.194. The van der Waals surface area contributed by atoms with Gasteiger partial charge >= 0.3 is 51.4 Å². The number of unbranched alkanes of at least 4 members (excludes halogenated alkanes) is 12. The van der Waals surface area contributed by atoms with Gasteiger partial charge in [-0.3, -0.25) is 0 Å². The summed E-state index contributed by atoms with van der Waals surface area (Å²) in [5.41, 5.74) is 0. The predicted octanol–water partition coefficient (Wildman–Crippen LogP) is 2.94. The Bertz CT molecular complexity index is 401. The molecule has 0 bridgehead atoms. The first-order valence-electron chi connectivity index (χ1n) is 11.0. The first-order chi connectivity index (χ1) is 12.4. The molecule has 4 nitrogen and oxygen atoms in total. The molecular weight excluding hydrogens is 387 g/mol. The van der Waals surface area contributed by atoms with Crippen molar-refractivity contribution in [3.63, 3.8) is 0 Å². The number of hydrogen-bond donors (Lipinski definition) is 1. The SMILES string of the molecule is CCCCCCCC(O)CCCCCCCCCCCC(C)S(=O)(=O)[O-].[K+]. The summed E-state index contributed by atoms with van der Waals surface area (Å²) in [5.74, 6) is 0. The molecule has 0 aromatic heterocycles. The Morgan fingerprint density at radius 3 is 1.41 bits per heavy atom. The summed E-state index contributed by atoms with van der Waals surface area (Å²) in [7, 11) is -4.10. The van der Waals surface area contributed by atoms with Crippen LogP contribution in [0.15, 0.2) is 0 Å². The molecule has 1 N–H and O–H groups in total. The minimum Gasteiger partial charge on any atom is -0.748 e. The second-order valence-electron chi connectivity index (χ2n) is 7.92. The second kappa shape index (κ2) is 20.8. The predicted molar refractivity (Wildman–Crippen MR) is 109 cm³/mol. The summed E-state index contributed by atoms with van der Waals surface area (Å²) in [4.78, 5) is 0. The van der Waals surface area contributed by atoms with Crippen LogP contribution in [-0.4, -0.2) is 29.4 Å². The van der Waals surface area contributed by atoms with Crippen molar-refractivity contribution in [2.24, 2.45) is 0 Å². The summed E-state index contributed by atoms with van der Waals surface area (Å²) in [6.45, 7) is 3.73. The van der Waals surface area contributed by atoms with E-state index in [2.05, 4.69) is 6.92 Å². The van der Waals surface area contributed by atoms with Gasteiger partial charge < -0.3 is 9.66 Å². The van der Waals surface area contributed by atoms with E-state index in [1.165, 1.54) is 71.1 Å². The molecule has 0 aromatic rings. The van der Waals surface area contributed by atoms with E-state index < -0.39 is 15.4 Å². The van der Waals surface area contributed by atoms with E-state index in [0.29, 0.717) is 6.42 Å². The smallest absolute Gasteiger partial charge is 0.748 e. The molecule has 0 heterocycles. The fourth-order valence-corrected chi connectivity index (χ4v) is 3.78. The Hall–Kier alpha value is 1.51. The van der Waals surface area contributed by atoms with Gasteiger partial charge in [0.05, 0.1) is 16.2 Å². The standard InChI is InChI=1S/C21H44O4S.K/c1-3-4-5-11-15-18-21(22)19-16-13-10-8-6-7-9-12-14-17-20(2)26(23,24)25;/h20-22H,3-19H2,1-2H3,(H,23,24,25);/q;+1/p-1. The van der Waals surface area contributed by atoms with Crippen LogP contribution in [0.1, 0.15) is 123 Å². The number of aliphatic hydroxyl groups excluding tert-OH is 1. The topological polar surface area (TPSA) is 77.4 Å². The normalized spacial score (nSPS) is 13.9. The van der Waals surface area contributed by atoms with Gasteiger partial charge in [0.2, 0.25) is 0 Å². The van der Waals surface area contributed by atoms with Crippen LogP contribution in [0.4, 0.5) is 0 Å². The van der Waals surface area contributed by atoms with E-state index in [0.717, 1.165) is 38.5 Å². The molecule has 158 valence electrons. The van der Waals surface area contributed by atoms with E-state index in [1.807, 2.05) is 0 Å². The molecule has 0 amide bonds. The molecule has 27 heavy (non-hydrogen) atoms. The van der Waals surface area contributed by atoms with Gasteiger partial charge in [0.15, 0.2) is 0 Å². The molecule has 0 saturated heterocycles. The van der Waals surface area contributed by atoms with E-state index in [-0.39, 0.29) is 57.5 Å². The maximum atomic E-state index is 10.8. The van der Waals surface area contributed by atoms with E-state index in [4.69, 9.17) is 0 Å². The van der Waals surface area contributed by atoms with Gasteiger partial charge in [-0.25, -0.2) is 8.42 Å². The summed E-state index contributed by atoms with van der Waals surface area (Å²) >= 11 is 0. The first-order valence-corrected chi connectivity index (χ1v) is 12.5. The van der Waals surface area contributed by atoms with Crippen molar-refractivity contribution < 1.29 is 69.5 Å². The van der Waals surface area contributed by atoms with Crippen molar-refractivity contribution >= 4 is 10.1 Å². The van der Waals surface area contributed by atoms with Crippen molar-refractivity contribution in [3.05, 3.63) is 0 Å². The van der Waals surface area contributed by atoms with E-state index in [9.17, 15) is 18.1 Å². The molecule has 2 unspecified atom stereocenters. The zero-order chi connectivity index (χ0) is 19.7. The Morgan fingerprint density at radius 2 is 1.04 bits per heavy atom. The molecule has 2 atom stereocenters. The van der Waals surface area contributed by atoms with Crippen LogP contribution in [0.2, 0.25) is 0 Å². The molecule has 0 aliphatic rings. The largest absolute Gasteiger partial charge is 1.00 e. The average Bonchev–Trinajstić information content (AvgIpc) is 2.58. The zero-order valence-corrected chi connectivity index (χ0v) is 22.2. The zero-order valence-electron chi connectivity index (χ0n) is 18.3. The van der Waals surface area contributed by atoms with Crippen molar-refractivity contribution in [1.82, 2.24) is 0 Å². The number of aliphatic hydroxyl groups is 1. The monoisotopic (exact) mass is 430 g/mol. The van der Waals surface area contributed by atoms with Crippen LogP contribution in [0.5, 0.6) is 0 Å². The third-order valence-corrected chi connectivity index (χ3v) is 6.50. The molecule has 0 saturated carbocycles. The molecule has 6 heteroatoms. The van der Waals surface area contributed by atoms with Crippen LogP contribution in [0, 0.1) is 0 Å². The molecule has 0 spiro atoms. The molecular formula is C21H43KO4S. The molecule has 0 radical (unpaired) electrons. The van der Waals surface area contributed by atoms with E-state index in [1.54, 1.807) is 0 Å². The van der Waals surface area contributed by atoms with Gasteiger partial charge in [-0.05, 0) is 26.2 Å². The Labute approximate surface area is 211 Å². The third kappa shape index (κ3) is 22.0. The molecule has 0 fully saturated rings. The first kappa shape index (κ1) is 30.7. The average molecular weight is 431 g/mol. The fourth-order valence-electron chi connectivity index (χ4n) is 3.32. The maximum absolute atomic E-state index is 10.8. The van der Waals surface area contributed by atoms with Crippen LogP contribution in [0.3, 0.4) is 0 Å². The number of hydrogen-bond acceptors (Lipinski definition) is 4. The minimum absolute atomic E-state index is 0. The molecule has 0 rings (SSSR count). The van der Waals surface area contributed by atoms with Gasteiger partial charge in [-0.15, -0.1) is 0 Å². The summed E-state index contributed by atoms with van der Waals surface area (Å²) in [6, 6.07) is 0. The molecule has 0 aliphatic heterocycles. The summed E-state index contributed by atoms with van der Waals surface area (Å²) in [5, 5.41) is 9.22. The fraction of sp³-hybridized carbons (Fsp3) is 1.00. The Kier molecular flexibility index (Phi) is 23.6. The van der Waals surface area contributed by atoms with Crippen LogP contribution >= 0.6 is 0 Å². The van der Waals surface area contributed by atoms with Crippen molar-refractivity contribution in [3.8, 4) is 0 Å². The van der Waals surface area contributed by atoms with Gasteiger partial charge in [0.1, 0.15) is 0 Å². The number of rotatable bonds is 19. The summed E-state index contributed by atoms with van der Waals surface area (Å²) in [6.07, 6.45) is 18.9. The van der Waals surface area contributed by atoms with Crippen LogP contribution < -0.4 is 51.4 Å². The van der Waals surface area contributed by atoms with Gasteiger partial charge in [-0.2, -0.15) is 0 Å². The Morgan fingerprint density at radius 1 is 0.704 bits per heavy atom.